The number of piperazine rings is 1. The lowest BCUT2D eigenvalue weighted by atomic mass is 10.2. The molecule has 0 bridgehead atoms. The van der Waals surface area contributed by atoms with Gasteiger partial charge in [0, 0.05) is 44.5 Å². The van der Waals surface area contributed by atoms with E-state index in [2.05, 4.69) is 31.8 Å². The fourth-order valence-electron chi connectivity index (χ4n) is 3.08. The van der Waals surface area contributed by atoms with Gasteiger partial charge < -0.3 is 25.4 Å². The van der Waals surface area contributed by atoms with Gasteiger partial charge in [-0.3, -0.25) is 0 Å². The topological polar surface area (TPSA) is 101 Å². The average molecular weight is 407 g/mol. The number of halogens is 1. The SMILES string of the molecule is CN1CCN(c2cc(-c3nc(N)ncc3Cl)ccn2)CC1.OC1CCCOC1. The highest BCUT2D eigenvalue weighted by Crippen LogP contribution is 2.28. The number of nitrogens with two attached hydrogens (primary N) is 1. The van der Waals surface area contributed by atoms with Crippen molar-refractivity contribution in [1.82, 2.24) is 19.9 Å². The molecular weight excluding hydrogens is 380 g/mol. The Kier molecular flexibility index (Phi) is 7.38. The van der Waals surface area contributed by atoms with Gasteiger partial charge in [-0.15, -0.1) is 0 Å². The van der Waals surface area contributed by atoms with Crippen LogP contribution in [-0.4, -0.2) is 77.5 Å². The lowest BCUT2D eigenvalue weighted by molar-refractivity contribution is -0.00535. The van der Waals surface area contributed by atoms with Gasteiger partial charge in [-0.1, -0.05) is 11.6 Å². The third kappa shape index (κ3) is 5.75. The smallest absolute Gasteiger partial charge is 0.220 e. The third-order valence-corrected chi connectivity index (χ3v) is 5.02. The van der Waals surface area contributed by atoms with Crippen LogP contribution < -0.4 is 10.6 Å². The van der Waals surface area contributed by atoms with Crippen molar-refractivity contribution < 1.29 is 9.84 Å². The number of anilines is 2. The first-order chi connectivity index (χ1) is 13.5. The molecule has 2 aromatic rings. The van der Waals surface area contributed by atoms with Gasteiger partial charge in [0.05, 0.1) is 29.6 Å². The molecule has 8 nitrogen and oxygen atoms in total. The van der Waals surface area contributed by atoms with E-state index >= 15 is 0 Å². The van der Waals surface area contributed by atoms with E-state index in [0.717, 1.165) is 57.0 Å². The van der Waals surface area contributed by atoms with Crippen LogP contribution in [0, 0.1) is 0 Å². The molecule has 0 aromatic carbocycles. The van der Waals surface area contributed by atoms with E-state index in [9.17, 15) is 0 Å². The van der Waals surface area contributed by atoms with Gasteiger partial charge in [0.15, 0.2) is 0 Å². The van der Waals surface area contributed by atoms with Crippen LogP contribution in [0.4, 0.5) is 11.8 Å². The monoisotopic (exact) mass is 406 g/mol. The van der Waals surface area contributed by atoms with Crippen molar-refractivity contribution in [3.63, 3.8) is 0 Å². The maximum atomic E-state index is 8.78. The molecule has 152 valence electrons. The van der Waals surface area contributed by atoms with E-state index in [1.54, 1.807) is 6.20 Å². The van der Waals surface area contributed by atoms with E-state index in [0.29, 0.717) is 17.3 Å². The van der Waals surface area contributed by atoms with Gasteiger partial charge in [0.25, 0.3) is 0 Å². The summed E-state index contributed by atoms with van der Waals surface area (Å²) in [5.41, 5.74) is 7.19. The van der Waals surface area contributed by atoms with E-state index in [-0.39, 0.29) is 12.1 Å². The minimum Gasteiger partial charge on any atom is -0.391 e. The molecule has 28 heavy (non-hydrogen) atoms. The number of aliphatic hydroxyl groups is 1. The molecule has 2 fully saturated rings. The fourth-order valence-corrected chi connectivity index (χ4v) is 3.28. The van der Waals surface area contributed by atoms with E-state index < -0.39 is 0 Å². The van der Waals surface area contributed by atoms with Crippen molar-refractivity contribution in [2.24, 2.45) is 0 Å². The van der Waals surface area contributed by atoms with Crippen molar-refractivity contribution in [2.75, 3.05) is 57.1 Å². The molecule has 9 heteroatoms. The Labute approximate surface area is 170 Å². The molecule has 3 N–H and O–H groups in total. The molecule has 4 heterocycles. The highest BCUT2D eigenvalue weighted by molar-refractivity contribution is 6.32. The second-order valence-corrected chi connectivity index (χ2v) is 7.40. The standard InChI is InChI=1S/C14H17ClN6.C5H10O2/c1-20-4-6-21(7-5-20)12-8-10(2-3-17-12)13-11(15)9-18-14(16)19-13;6-5-2-1-3-7-4-5/h2-3,8-9H,4-7H2,1H3,(H2,16,18,19);5-6H,1-4H2. The molecule has 2 aliphatic rings. The zero-order valence-corrected chi connectivity index (χ0v) is 16.8. The maximum absolute atomic E-state index is 8.78. The number of aromatic nitrogens is 3. The number of aliphatic hydroxyl groups excluding tert-OH is 1. The number of hydrogen-bond acceptors (Lipinski definition) is 8. The van der Waals surface area contributed by atoms with Gasteiger partial charge >= 0.3 is 0 Å². The predicted octanol–water partition coefficient (Wildman–Crippen LogP) is 1.68. The molecule has 2 aromatic heterocycles. The first-order valence-corrected chi connectivity index (χ1v) is 9.84. The van der Waals surface area contributed by atoms with E-state index in [4.69, 9.17) is 27.2 Å². The van der Waals surface area contributed by atoms with Gasteiger partial charge in [0.2, 0.25) is 5.95 Å². The zero-order valence-electron chi connectivity index (χ0n) is 16.1. The van der Waals surface area contributed by atoms with Crippen molar-refractivity contribution in [3.8, 4) is 11.3 Å². The van der Waals surface area contributed by atoms with Crippen LogP contribution >= 0.6 is 11.6 Å². The van der Waals surface area contributed by atoms with Crippen LogP contribution in [0.5, 0.6) is 0 Å². The molecular formula is C19H27ClN6O2. The second kappa shape index (κ2) is 9.97. The maximum Gasteiger partial charge on any atom is 0.220 e. The molecule has 0 saturated carbocycles. The minimum atomic E-state index is -0.186. The predicted molar refractivity (Wildman–Crippen MR) is 110 cm³/mol. The fraction of sp³-hybridized carbons (Fsp3) is 0.526. The number of nitrogen functional groups attached to an aromatic ring is 1. The summed E-state index contributed by atoms with van der Waals surface area (Å²) in [7, 11) is 2.13. The molecule has 2 saturated heterocycles. The van der Waals surface area contributed by atoms with E-state index in [1.807, 2.05) is 12.1 Å². The van der Waals surface area contributed by atoms with Crippen LogP contribution in [-0.2, 0) is 4.74 Å². The average Bonchev–Trinajstić information content (AvgIpc) is 2.71. The molecule has 4 rings (SSSR count). The van der Waals surface area contributed by atoms with Gasteiger partial charge in [-0.05, 0) is 32.0 Å². The molecule has 0 aliphatic carbocycles. The van der Waals surface area contributed by atoms with Gasteiger partial charge in [0.1, 0.15) is 5.82 Å². The van der Waals surface area contributed by atoms with Gasteiger partial charge in [-0.2, -0.15) is 0 Å². The quantitative estimate of drug-likeness (QED) is 0.776. The summed E-state index contributed by atoms with van der Waals surface area (Å²) in [4.78, 5) is 17.1. The Morgan fingerprint density at radius 2 is 2.04 bits per heavy atom. The number of nitrogens with zero attached hydrogens (tertiary/aromatic N) is 5. The lowest BCUT2D eigenvalue weighted by Gasteiger charge is -2.33. The van der Waals surface area contributed by atoms with Crippen molar-refractivity contribution in [3.05, 3.63) is 29.5 Å². The number of ether oxygens (including phenoxy) is 1. The summed E-state index contributed by atoms with van der Waals surface area (Å²) in [5.74, 6) is 1.15. The number of likely N-dealkylation sites (N-methyl/N-ethyl adjacent to an activating group) is 1. The molecule has 0 amide bonds. The van der Waals surface area contributed by atoms with Crippen LogP contribution in [0.15, 0.2) is 24.5 Å². The van der Waals surface area contributed by atoms with E-state index in [1.165, 1.54) is 6.20 Å². The normalized spacial score (nSPS) is 20.4. The summed E-state index contributed by atoms with van der Waals surface area (Å²) in [6, 6.07) is 3.88. The largest absolute Gasteiger partial charge is 0.391 e. The Morgan fingerprint density at radius 3 is 2.68 bits per heavy atom. The highest BCUT2D eigenvalue weighted by Gasteiger charge is 2.16. The Balaban J connectivity index is 0.000000271. The number of rotatable bonds is 2. The highest BCUT2D eigenvalue weighted by atomic mass is 35.5. The molecule has 0 radical (unpaired) electrons. The molecule has 0 spiro atoms. The molecule has 2 aliphatic heterocycles. The summed E-state index contributed by atoms with van der Waals surface area (Å²) in [6.07, 6.45) is 5.04. The summed E-state index contributed by atoms with van der Waals surface area (Å²) >= 11 is 6.17. The third-order valence-electron chi connectivity index (χ3n) is 4.75. The molecule has 1 atom stereocenters. The van der Waals surface area contributed by atoms with Crippen LogP contribution in [0.1, 0.15) is 12.8 Å². The number of hydrogen-bond donors (Lipinski definition) is 2. The van der Waals surface area contributed by atoms with Gasteiger partial charge in [-0.25, -0.2) is 15.0 Å². The van der Waals surface area contributed by atoms with Crippen LogP contribution in [0.25, 0.3) is 11.3 Å². The summed E-state index contributed by atoms with van der Waals surface area (Å²) < 4.78 is 4.93. The Morgan fingerprint density at radius 1 is 1.25 bits per heavy atom. The summed E-state index contributed by atoms with van der Waals surface area (Å²) in [6.45, 7) is 5.37. The van der Waals surface area contributed by atoms with Crippen molar-refractivity contribution in [1.29, 1.82) is 0 Å². The number of pyridine rings is 1. The second-order valence-electron chi connectivity index (χ2n) is 6.99. The first-order valence-electron chi connectivity index (χ1n) is 9.46. The van der Waals surface area contributed by atoms with Crippen molar-refractivity contribution >= 4 is 23.4 Å². The Bertz CT molecular complexity index is 764. The zero-order chi connectivity index (χ0) is 19.9. The Hall–Kier alpha value is -2.00. The summed E-state index contributed by atoms with van der Waals surface area (Å²) in [5, 5.41) is 9.27. The lowest BCUT2D eigenvalue weighted by Crippen LogP contribution is -2.44. The first kappa shape index (κ1) is 20.7. The molecule has 1 unspecified atom stereocenters. The van der Waals surface area contributed by atoms with Crippen LogP contribution in [0.2, 0.25) is 5.02 Å². The van der Waals surface area contributed by atoms with Crippen LogP contribution in [0.3, 0.4) is 0 Å². The van der Waals surface area contributed by atoms with Crippen molar-refractivity contribution in [2.45, 2.75) is 18.9 Å². The minimum absolute atomic E-state index is 0.186.